The van der Waals surface area contributed by atoms with Crippen LogP contribution in [0.5, 0.6) is 5.75 Å². The van der Waals surface area contributed by atoms with Crippen molar-refractivity contribution in [3.8, 4) is 29.2 Å². The molecule has 0 N–H and O–H groups in total. The predicted molar refractivity (Wildman–Crippen MR) is 85.2 cm³/mol. The molecule has 0 aliphatic heterocycles. The van der Waals surface area contributed by atoms with Gasteiger partial charge in [0.2, 0.25) is 0 Å². The molecule has 0 heterocycles. The van der Waals surface area contributed by atoms with E-state index in [1.807, 2.05) is 13.0 Å². The molecule has 0 bridgehead atoms. The number of rotatable bonds is 3. The molecule has 0 aliphatic carbocycles. The van der Waals surface area contributed by atoms with E-state index in [-0.39, 0.29) is 5.92 Å². The van der Waals surface area contributed by atoms with Crippen LogP contribution in [0.25, 0.3) is 11.1 Å². The summed E-state index contributed by atoms with van der Waals surface area (Å²) in [5.74, 6) is 3.71. The third-order valence-electron chi connectivity index (χ3n) is 3.68. The van der Waals surface area contributed by atoms with Crippen molar-refractivity contribution in [2.45, 2.75) is 26.7 Å². The zero-order valence-corrected chi connectivity index (χ0v) is 12.5. The van der Waals surface area contributed by atoms with E-state index in [1.165, 1.54) is 16.7 Å². The van der Waals surface area contributed by atoms with E-state index in [0.717, 1.165) is 16.9 Å². The molecule has 1 atom stereocenters. The SMILES string of the molecule is C#C[C@H](C)c1cc(OC)cc(-c2c(C)cccc2C)c1. The van der Waals surface area contributed by atoms with Gasteiger partial charge in [-0.25, -0.2) is 0 Å². The summed E-state index contributed by atoms with van der Waals surface area (Å²) in [6.07, 6.45) is 5.55. The predicted octanol–water partition coefficient (Wildman–Crippen LogP) is 4.72. The van der Waals surface area contributed by atoms with Crippen LogP contribution in [0, 0.1) is 26.2 Å². The number of terminal acetylenes is 1. The quantitative estimate of drug-likeness (QED) is 0.729. The number of ether oxygens (including phenoxy) is 1. The second-order valence-electron chi connectivity index (χ2n) is 5.15. The first kappa shape index (κ1) is 14.2. The number of hydrogen-bond acceptors (Lipinski definition) is 1. The number of aryl methyl sites for hydroxylation is 2. The highest BCUT2D eigenvalue weighted by Crippen LogP contribution is 2.33. The molecule has 0 aromatic heterocycles. The fraction of sp³-hybridized carbons (Fsp3) is 0.263. The monoisotopic (exact) mass is 264 g/mol. The van der Waals surface area contributed by atoms with E-state index in [4.69, 9.17) is 11.2 Å². The zero-order valence-electron chi connectivity index (χ0n) is 12.5. The van der Waals surface area contributed by atoms with Gasteiger partial charge in [-0.2, -0.15) is 0 Å². The Hall–Kier alpha value is -2.20. The minimum absolute atomic E-state index is 0.0770. The van der Waals surface area contributed by atoms with E-state index in [2.05, 4.69) is 50.1 Å². The molecule has 1 heteroatoms. The molecule has 2 aromatic carbocycles. The molecular weight excluding hydrogens is 244 g/mol. The standard InChI is InChI=1S/C19H20O/c1-6-13(2)16-10-17(12-18(11-16)20-5)19-14(3)8-7-9-15(19)4/h1,7-13H,2-5H3/t13-/m0/s1. The largest absolute Gasteiger partial charge is 0.497 e. The molecule has 0 unspecified atom stereocenters. The zero-order chi connectivity index (χ0) is 14.7. The molecule has 0 fully saturated rings. The highest BCUT2D eigenvalue weighted by molar-refractivity contribution is 5.72. The maximum atomic E-state index is 5.55. The molecular formula is C19H20O. The Balaban J connectivity index is 2.65. The Labute approximate surface area is 121 Å². The lowest BCUT2D eigenvalue weighted by Crippen LogP contribution is -1.95. The maximum absolute atomic E-state index is 5.55. The van der Waals surface area contributed by atoms with Crippen LogP contribution in [0.15, 0.2) is 36.4 Å². The Morgan fingerprint density at radius 3 is 2.30 bits per heavy atom. The minimum Gasteiger partial charge on any atom is -0.497 e. The molecule has 102 valence electrons. The first-order chi connectivity index (χ1) is 9.56. The van der Waals surface area contributed by atoms with Crippen LogP contribution in [0.1, 0.15) is 29.5 Å². The topological polar surface area (TPSA) is 9.23 Å². The van der Waals surface area contributed by atoms with Crippen molar-refractivity contribution in [2.75, 3.05) is 7.11 Å². The van der Waals surface area contributed by atoms with Crippen LogP contribution >= 0.6 is 0 Å². The molecule has 0 radical (unpaired) electrons. The third kappa shape index (κ3) is 2.70. The van der Waals surface area contributed by atoms with Crippen LogP contribution in [0.3, 0.4) is 0 Å². The normalized spacial score (nSPS) is 11.8. The van der Waals surface area contributed by atoms with Crippen molar-refractivity contribution in [1.29, 1.82) is 0 Å². The van der Waals surface area contributed by atoms with Gasteiger partial charge in [-0.05, 0) is 66.8 Å². The molecule has 1 nitrogen and oxygen atoms in total. The second kappa shape index (κ2) is 5.84. The fourth-order valence-electron chi connectivity index (χ4n) is 2.50. The third-order valence-corrected chi connectivity index (χ3v) is 3.68. The van der Waals surface area contributed by atoms with E-state index in [0.29, 0.717) is 0 Å². The number of methoxy groups -OCH3 is 1. The summed E-state index contributed by atoms with van der Waals surface area (Å²) in [6, 6.07) is 12.6. The van der Waals surface area contributed by atoms with E-state index >= 15 is 0 Å². The van der Waals surface area contributed by atoms with Gasteiger partial charge in [0, 0.05) is 5.92 Å². The smallest absolute Gasteiger partial charge is 0.119 e. The maximum Gasteiger partial charge on any atom is 0.119 e. The van der Waals surface area contributed by atoms with Gasteiger partial charge in [0.05, 0.1) is 7.11 Å². The molecule has 2 rings (SSSR count). The average Bonchev–Trinajstić information content (AvgIpc) is 2.45. The van der Waals surface area contributed by atoms with E-state index < -0.39 is 0 Å². The molecule has 0 amide bonds. The van der Waals surface area contributed by atoms with Crippen molar-refractivity contribution in [2.24, 2.45) is 0 Å². The highest BCUT2D eigenvalue weighted by atomic mass is 16.5. The van der Waals surface area contributed by atoms with Gasteiger partial charge in [0.25, 0.3) is 0 Å². The van der Waals surface area contributed by atoms with Crippen LogP contribution in [-0.2, 0) is 0 Å². The summed E-state index contributed by atoms with van der Waals surface area (Å²) in [7, 11) is 1.69. The summed E-state index contributed by atoms with van der Waals surface area (Å²) in [4.78, 5) is 0. The molecule has 0 aliphatic rings. The summed E-state index contributed by atoms with van der Waals surface area (Å²) >= 11 is 0. The van der Waals surface area contributed by atoms with Crippen molar-refractivity contribution < 1.29 is 4.74 Å². The molecule has 20 heavy (non-hydrogen) atoms. The van der Waals surface area contributed by atoms with Gasteiger partial charge in [0.1, 0.15) is 5.75 Å². The minimum atomic E-state index is 0.0770. The lowest BCUT2D eigenvalue weighted by Gasteiger charge is -2.14. The highest BCUT2D eigenvalue weighted by Gasteiger charge is 2.11. The summed E-state index contributed by atoms with van der Waals surface area (Å²) in [5, 5.41) is 0. The first-order valence-corrected chi connectivity index (χ1v) is 6.78. The second-order valence-corrected chi connectivity index (χ2v) is 5.15. The van der Waals surface area contributed by atoms with Crippen LogP contribution in [-0.4, -0.2) is 7.11 Å². The molecule has 0 saturated heterocycles. The summed E-state index contributed by atoms with van der Waals surface area (Å²) < 4.78 is 5.42. The van der Waals surface area contributed by atoms with Crippen molar-refractivity contribution >= 4 is 0 Å². The number of benzene rings is 2. The Bertz CT molecular complexity index is 642. The van der Waals surface area contributed by atoms with Crippen LogP contribution in [0.2, 0.25) is 0 Å². The summed E-state index contributed by atoms with van der Waals surface area (Å²) in [6.45, 7) is 6.29. The first-order valence-electron chi connectivity index (χ1n) is 6.78. The van der Waals surface area contributed by atoms with Gasteiger partial charge in [-0.1, -0.05) is 24.1 Å². The summed E-state index contributed by atoms with van der Waals surface area (Å²) in [5.41, 5.74) is 6.06. The van der Waals surface area contributed by atoms with Crippen molar-refractivity contribution in [3.63, 3.8) is 0 Å². The Morgan fingerprint density at radius 2 is 1.75 bits per heavy atom. The van der Waals surface area contributed by atoms with Crippen molar-refractivity contribution in [1.82, 2.24) is 0 Å². The van der Waals surface area contributed by atoms with Gasteiger partial charge >= 0.3 is 0 Å². The van der Waals surface area contributed by atoms with Crippen molar-refractivity contribution in [3.05, 3.63) is 53.1 Å². The van der Waals surface area contributed by atoms with E-state index in [9.17, 15) is 0 Å². The van der Waals surface area contributed by atoms with Gasteiger partial charge < -0.3 is 4.74 Å². The average molecular weight is 264 g/mol. The lowest BCUT2D eigenvalue weighted by atomic mass is 9.92. The fourth-order valence-corrected chi connectivity index (χ4v) is 2.50. The molecule has 0 saturated carbocycles. The lowest BCUT2D eigenvalue weighted by molar-refractivity contribution is 0.414. The van der Waals surface area contributed by atoms with E-state index in [1.54, 1.807) is 7.11 Å². The Kier molecular flexibility index (Phi) is 4.15. The number of hydrogen-bond donors (Lipinski definition) is 0. The van der Waals surface area contributed by atoms with Gasteiger partial charge in [-0.15, -0.1) is 6.42 Å². The molecule has 0 spiro atoms. The van der Waals surface area contributed by atoms with Crippen LogP contribution < -0.4 is 4.74 Å². The van der Waals surface area contributed by atoms with Crippen LogP contribution in [0.4, 0.5) is 0 Å². The molecule has 2 aromatic rings. The van der Waals surface area contributed by atoms with Gasteiger partial charge in [-0.3, -0.25) is 0 Å². The van der Waals surface area contributed by atoms with Gasteiger partial charge in [0.15, 0.2) is 0 Å². The Morgan fingerprint density at radius 1 is 1.10 bits per heavy atom.